The zero-order valence-electron chi connectivity index (χ0n) is 7.96. The normalized spacial score (nSPS) is 16.4. The van der Waals surface area contributed by atoms with Crippen molar-refractivity contribution in [3.05, 3.63) is 29.0 Å². The van der Waals surface area contributed by atoms with Gasteiger partial charge in [0.2, 0.25) is 0 Å². The summed E-state index contributed by atoms with van der Waals surface area (Å²) in [6.07, 6.45) is 0.813. The van der Waals surface area contributed by atoms with Crippen LogP contribution in [0.2, 0.25) is 5.02 Å². The van der Waals surface area contributed by atoms with E-state index in [4.69, 9.17) is 11.6 Å². The number of hydrogen-bond acceptors (Lipinski definition) is 1. The van der Waals surface area contributed by atoms with Gasteiger partial charge in [-0.1, -0.05) is 11.6 Å². The Kier molecular flexibility index (Phi) is 2.77. The maximum atomic E-state index is 13.5. The smallest absolute Gasteiger partial charge is 0.321 e. The fourth-order valence-corrected chi connectivity index (χ4v) is 1.72. The van der Waals surface area contributed by atoms with E-state index in [2.05, 4.69) is 5.32 Å². The van der Waals surface area contributed by atoms with Gasteiger partial charge in [-0.15, -0.1) is 0 Å². The highest BCUT2D eigenvalue weighted by Gasteiger charge is 2.21. The highest BCUT2D eigenvalue weighted by Crippen LogP contribution is 2.23. The molecule has 0 saturated carbocycles. The number of carbonyl (C=O) groups is 1. The highest BCUT2D eigenvalue weighted by atomic mass is 35.5. The monoisotopic (exact) mass is 228 g/mol. The van der Waals surface area contributed by atoms with Crippen molar-refractivity contribution in [1.29, 1.82) is 0 Å². The number of rotatable bonds is 1. The lowest BCUT2D eigenvalue weighted by molar-refractivity contribution is 0.242. The number of halogens is 2. The van der Waals surface area contributed by atoms with Crippen LogP contribution < -0.4 is 10.2 Å². The average Bonchev–Trinajstić information content (AvgIpc) is 2.20. The second-order valence-corrected chi connectivity index (χ2v) is 3.77. The zero-order chi connectivity index (χ0) is 10.8. The van der Waals surface area contributed by atoms with Crippen LogP contribution in [0, 0.1) is 5.82 Å². The van der Waals surface area contributed by atoms with E-state index in [1.54, 1.807) is 6.07 Å². The van der Waals surface area contributed by atoms with Crippen LogP contribution in [0.3, 0.4) is 0 Å². The molecule has 0 unspecified atom stereocenters. The second-order valence-electron chi connectivity index (χ2n) is 3.33. The number of anilines is 1. The fraction of sp³-hybridized carbons (Fsp3) is 0.300. The first-order valence-electron chi connectivity index (χ1n) is 4.69. The van der Waals surface area contributed by atoms with E-state index in [1.807, 2.05) is 0 Å². The van der Waals surface area contributed by atoms with Crippen LogP contribution in [0.1, 0.15) is 6.42 Å². The van der Waals surface area contributed by atoms with Crippen molar-refractivity contribution in [2.24, 2.45) is 0 Å². The van der Waals surface area contributed by atoms with Crippen LogP contribution in [-0.2, 0) is 0 Å². The van der Waals surface area contributed by atoms with Gasteiger partial charge in [0.25, 0.3) is 0 Å². The Morgan fingerprint density at radius 3 is 2.93 bits per heavy atom. The van der Waals surface area contributed by atoms with Crippen molar-refractivity contribution in [3.63, 3.8) is 0 Å². The summed E-state index contributed by atoms with van der Waals surface area (Å²) in [5, 5.41) is 2.99. The summed E-state index contributed by atoms with van der Waals surface area (Å²) in [6, 6.07) is 4.03. The summed E-state index contributed by atoms with van der Waals surface area (Å²) in [6.45, 7) is 1.18. The molecule has 0 spiro atoms. The topological polar surface area (TPSA) is 32.3 Å². The third kappa shape index (κ3) is 2.04. The van der Waals surface area contributed by atoms with E-state index >= 15 is 0 Å². The molecule has 0 aliphatic carbocycles. The minimum absolute atomic E-state index is 0.262. The van der Waals surface area contributed by atoms with Crippen molar-refractivity contribution < 1.29 is 9.18 Å². The standard InChI is InChI=1S/C10H10ClFN2O/c11-7-2-3-9(8(12)6-7)14-5-1-4-13-10(14)15/h2-3,6H,1,4-5H2,(H,13,15). The predicted octanol–water partition coefficient (Wildman–Crippen LogP) is 2.40. The van der Waals surface area contributed by atoms with Gasteiger partial charge < -0.3 is 5.32 Å². The minimum Gasteiger partial charge on any atom is -0.338 e. The fourth-order valence-electron chi connectivity index (χ4n) is 1.56. The largest absolute Gasteiger partial charge is 0.338 e. The van der Waals surface area contributed by atoms with Crippen molar-refractivity contribution >= 4 is 23.3 Å². The molecular weight excluding hydrogens is 219 g/mol. The van der Waals surface area contributed by atoms with Crippen LogP contribution >= 0.6 is 11.6 Å². The molecule has 80 valence electrons. The third-order valence-electron chi connectivity index (χ3n) is 2.28. The molecule has 2 amide bonds. The Balaban J connectivity index is 2.31. The van der Waals surface area contributed by atoms with Crippen LogP contribution in [0.25, 0.3) is 0 Å². The minimum atomic E-state index is -0.473. The molecule has 2 rings (SSSR count). The van der Waals surface area contributed by atoms with Gasteiger partial charge in [-0.3, -0.25) is 4.90 Å². The van der Waals surface area contributed by atoms with Gasteiger partial charge in [0.1, 0.15) is 5.82 Å². The van der Waals surface area contributed by atoms with Crippen molar-refractivity contribution in [1.82, 2.24) is 5.32 Å². The van der Waals surface area contributed by atoms with E-state index in [0.717, 1.165) is 6.42 Å². The molecular formula is C10H10ClFN2O. The first-order chi connectivity index (χ1) is 7.18. The van der Waals surface area contributed by atoms with Crippen LogP contribution in [0.15, 0.2) is 18.2 Å². The third-order valence-corrected chi connectivity index (χ3v) is 2.52. The predicted molar refractivity (Wildman–Crippen MR) is 56.8 cm³/mol. The van der Waals surface area contributed by atoms with Crippen molar-refractivity contribution in [2.75, 3.05) is 18.0 Å². The summed E-state index contributed by atoms with van der Waals surface area (Å²) in [4.78, 5) is 12.8. The van der Waals surface area contributed by atoms with Crippen molar-refractivity contribution in [3.8, 4) is 0 Å². The second kappa shape index (κ2) is 4.06. The summed E-state index contributed by atoms with van der Waals surface area (Å²) in [7, 11) is 0. The Hall–Kier alpha value is -1.29. The molecule has 0 radical (unpaired) electrons. The number of nitrogens with one attached hydrogen (secondary N) is 1. The maximum Gasteiger partial charge on any atom is 0.321 e. The molecule has 1 heterocycles. The molecule has 3 nitrogen and oxygen atoms in total. The van der Waals surface area contributed by atoms with Gasteiger partial charge in [-0.25, -0.2) is 9.18 Å². The lowest BCUT2D eigenvalue weighted by Crippen LogP contribution is -2.46. The Bertz CT molecular complexity index is 397. The van der Waals surface area contributed by atoms with Crippen LogP contribution in [0.4, 0.5) is 14.9 Å². The van der Waals surface area contributed by atoms with E-state index in [0.29, 0.717) is 18.1 Å². The first kappa shape index (κ1) is 10.2. The maximum absolute atomic E-state index is 13.5. The van der Waals surface area contributed by atoms with Gasteiger partial charge in [0, 0.05) is 18.1 Å². The molecule has 1 saturated heterocycles. The van der Waals surface area contributed by atoms with Crippen LogP contribution in [0.5, 0.6) is 0 Å². The van der Waals surface area contributed by atoms with E-state index in [9.17, 15) is 9.18 Å². The molecule has 1 N–H and O–H groups in total. The summed E-state index contributed by atoms with van der Waals surface area (Å²) in [5.74, 6) is -0.473. The van der Waals surface area contributed by atoms with Gasteiger partial charge >= 0.3 is 6.03 Å². The molecule has 1 aromatic rings. The van der Waals surface area contributed by atoms with Crippen molar-refractivity contribution in [2.45, 2.75) is 6.42 Å². The molecule has 0 aromatic heterocycles. The highest BCUT2D eigenvalue weighted by molar-refractivity contribution is 6.30. The number of amides is 2. The summed E-state index contributed by atoms with van der Waals surface area (Å²) < 4.78 is 13.5. The number of hydrogen-bond donors (Lipinski definition) is 1. The zero-order valence-corrected chi connectivity index (χ0v) is 8.72. The Morgan fingerprint density at radius 1 is 1.47 bits per heavy atom. The summed E-state index contributed by atoms with van der Waals surface area (Å²) in [5.41, 5.74) is 0.275. The number of carbonyl (C=O) groups excluding carboxylic acids is 1. The molecule has 15 heavy (non-hydrogen) atoms. The molecule has 0 bridgehead atoms. The SMILES string of the molecule is O=C1NCCCN1c1ccc(Cl)cc1F. The van der Waals surface area contributed by atoms with E-state index < -0.39 is 5.82 Å². The van der Waals surface area contributed by atoms with E-state index in [1.165, 1.54) is 17.0 Å². The lowest BCUT2D eigenvalue weighted by atomic mass is 10.2. The Labute approximate surface area is 91.8 Å². The summed E-state index contributed by atoms with van der Waals surface area (Å²) >= 11 is 5.63. The molecule has 1 fully saturated rings. The Morgan fingerprint density at radius 2 is 2.27 bits per heavy atom. The van der Waals surface area contributed by atoms with E-state index in [-0.39, 0.29) is 11.7 Å². The molecule has 5 heteroatoms. The lowest BCUT2D eigenvalue weighted by Gasteiger charge is -2.27. The molecule has 0 atom stereocenters. The van der Waals surface area contributed by atoms with Crippen LogP contribution in [-0.4, -0.2) is 19.1 Å². The number of nitrogens with zero attached hydrogens (tertiary/aromatic N) is 1. The first-order valence-corrected chi connectivity index (χ1v) is 5.07. The number of benzene rings is 1. The molecule has 1 aliphatic heterocycles. The molecule has 1 aliphatic rings. The van der Waals surface area contributed by atoms with Gasteiger partial charge in [0.15, 0.2) is 0 Å². The van der Waals surface area contributed by atoms with Gasteiger partial charge in [-0.05, 0) is 24.6 Å². The average molecular weight is 229 g/mol. The van der Waals surface area contributed by atoms with Gasteiger partial charge in [0.05, 0.1) is 5.69 Å². The van der Waals surface area contributed by atoms with Gasteiger partial charge in [-0.2, -0.15) is 0 Å². The molecule has 1 aromatic carbocycles. The quantitative estimate of drug-likeness (QED) is 0.787. The number of urea groups is 1.